The highest BCUT2D eigenvalue weighted by atomic mass is 16.6. The molecule has 0 radical (unpaired) electrons. The normalized spacial score (nSPS) is 39.7. The summed E-state index contributed by atoms with van der Waals surface area (Å²) in [4.78, 5) is 0. The monoisotopic (exact) mass is 311 g/mol. The molecule has 3 heteroatoms. The molecule has 3 rings (SSSR count). The van der Waals surface area contributed by atoms with Crippen LogP contribution in [0.25, 0.3) is 0 Å². The van der Waals surface area contributed by atoms with E-state index in [0.29, 0.717) is 23.7 Å². The SMILES string of the molecule is C[OH+]C1CCC(C(C)(C)C2CCC(OCC3CO3)CC2)CC1. The van der Waals surface area contributed by atoms with Gasteiger partial charge >= 0.3 is 0 Å². The number of epoxide rings is 1. The lowest BCUT2D eigenvalue weighted by atomic mass is 9.60. The molecule has 1 saturated heterocycles. The molecule has 3 aliphatic rings. The molecule has 0 spiro atoms. The topological polar surface area (TPSA) is 34.6 Å². The van der Waals surface area contributed by atoms with E-state index in [1.54, 1.807) is 0 Å². The van der Waals surface area contributed by atoms with Crippen molar-refractivity contribution in [2.24, 2.45) is 17.3 Å². The Morgan fingerprint density at radius 2 is 1.50 bits per heavy atom. The van der Waals surface area contributed by atoms with Gasteiger partial charge in [0.1, 0.15) is 13.2 Å². The first-order chi connectivity index (χ1) is 10.6. The van der Waals surface area contributed by atoms with E-state index in [4.69, 9.17) is 9.47 Å². The molecule has 1 aliphatic heterocycles. The fourth-order valence-corrected chi connectivity index (χ4v) is 4.79. The summed E-state index contributed by atoms with van der Waals surface area (Å²) in [6.07, 6.45) is 12.1. The fourth-order valence-electron chi connectivity index (χ4n) is 4.79. The van der Waals surface area contributed by atoms with Crippen LogP contribution in [0.5, 0.6) is 0 Å². The average molecular weight is 311 g/mol. The second kappa shape index (κ2) is 7.19. The number of rotatable bonds is 6. The van der Waals surface area contributed by atoms with Crippen molar-refractivity contribution in [3.8, 4) is 0 Å². The van der Waals surface area contributed by atoms with Gasteiger partial charge in [-0.15, -0.1) is 0 Å². The Balaban J connectivity index is 1.44. The molecule has 2 aliphatic carbocycles. The maximum atomic E-state index is 6.00. The van der Waals surface area contributed by atoms with Crippen LogP contribution in [0, 0.1) is 17.3 Å². The summed E-state index contributed by atoms with van der Waals surface area (Å²) in [7, 11) is 1.99. The van der Waals surface area contributed by atoms with Gasteiger partial charge in [0.25, 0.3) is 0 Å². The maximum Gasteiger partial charge on any atom is 0.154 e. The first-order valence-electron chi connectivity index (χ1n) is 9.41. The third kappa shape index (κ3) is 4.04. The van der Waals surface area contributed by atoms with E-state index in [1.165, 1.54) is 51.4 Å². The summed E-state index contributed by atoms with van der Waals surface area (Å²) in [5.74, 6) is 1.78. The van der Waals surface area contributed by atoms with Crippen LogP contribution in [0.15, 0.2) is 0 Å². The van der Waals surface area contributed by atoms with Crippen molar-refractivity contribution in [1.29, 1.82) is 0 Å². The zero-order chi connectivity index (χ0) is 15.6. The van der Waals surface area contributed by atoms with Gasteiger partial charge in [0.2, 0.25) is 0 Å². The lowest BCUT2D eigenvalue weighted by Crippen LogP contribution is -2.39. The van der Waals surface area contributed by atoms with E-state index >= 15 is 0 Å². The summed E-state index contributed by atoms with van der Waals surface area (Å²) in [6.45, 7) is 6.80. The van der Waals surface area contributed by atoms with Crippen molar-refractivity contribution in [3.05, 3.63) is 0 Å². The number of hydrogen-bond acceptors (Lipinski definition) is 2. The Labute approximate surface area is 136 Å². The lowest BCUT2D eigenvalue weighted by Gasteiger charge is -2.46. The van der Waals surface area contributed by atoms with E-state index in [9.17, 15) is 0 Å². The number of ether oxygens (including phenoxy) is 3. The van der Waals surface area contributed by atoms with Crippen LogP contribution in [0.2, 0.25) is 0 Å². The van der Waals surface area contributed by atoms with E-state index < -0.39 is 0 Å². The second-order valence-electron chi connectivity index (χ2n) is 8.35. The molecule has 0 aromatic heterocycles. The summed E-state index contributed by atoms with van der Waals surface area (Å²) < 4.78 is 15.7. The molecule has 1 heterocycles. The molecular formula is C19H35O3+. The highest BCUT2D eigenvalue weighted by Gasteiger charge is 2.41. The van der Waals surface area contributed by atoms with Crippen molar-refractivity contribution in [1.82, 2.24) is 0 Å². The molecule has 0 bridgehead atoms. The van der Waals surface area contributed by atoms with Gasteiger partial charge in [-0.1, -0.05) is 13.8 Å². The van der Waals surface area contributed by atoms with Gasteiger partial charge < -0.3 is 14.2 Å². The molecule has 0 aromatic carbocycles. The lowest BCUT2D eigenvalue weighted by molar-refractivity contribution is -0.0969. The quantitative estimate of drug-likeness (QED) is 0.554. The maximum absolute atomic E-state index is 6.00. The van der Waals surface area contributed by atoms with Crippen molar-refractivity contribution in [2.45, 2.75) is 83.5 Å². The molecule has 1 N–H and O–H groups in total. The van der Waals surface area contributed by atoms with Gasteiger partial charge in [0.05, 0.1) is 19.3 Å². The third-order valence-electron chi connectivity index (χ3n) is 6.76. The number of hydrogen-bond donors (Lipinski definition) is 0. The van der Waals surface area contributed by atoms with Crippen LogP contribution < -0.4 is 0 Å². The molecular weight excluding hydrogens is 276 g/mol. The van der Waals surface area contributed by atoms with Crippen LogP contribution in [0.1, 0.15) is 65.2 Å². The zero-order valence-electron chi connectivity index (χ0n) is 14.7. The molecule has 3 nitrogen and oxygen atoms in total. The summed E-state index contributed by atoms with van der Waals surface area (Å²) >= 11 is 0. The second-order valence-corrected chi connectivity index (χ2v) is 8.35. The van der Waals surface area contributed by atoms with Crippen LogP contribution in [-0.4, -0.2) is 43.4 Å². The molecule has 3 fully saturated rings. The van der Waals surface area contributed by atoms with E-state index in [-0.39, 0.29) is 0 Å². The standard InChI is InChI=1S/C19H34O3/c1-19(2,14-4-8-16(20-3)9-5-14)15-6-10-17(11-7-15)21-12-18-13-22-18/h14-18H,4-13H2,1-3H3/p+1. The van der Waals surface area contributed by atoms with Gasteiger partial charge in [0.15, 0.2) is 6.10 Å². The predicted molar refractivity (Wildman–Crippen MR) is 89.1 cm³/mol. The molecule has 1 unspecified atom stereocenters. The molecule has 1 atom stereocenters. The molecule has 0 aromatic rings. The predicted octanol–water partition coefficient (Wildman–Crippen LogP) is 3.70. The minimum absolute atomic E-state index is 0.410. The third-order valence-corrected chi connectivity index (χ3v) is 6.76. The number of aliphatic hydroxyl groups is 2. The van der Waals surface area contributed by atoms with Gasteiger partial charge in [0, 0.05) is 12.8 Å². The van der Waals surface area contributed by atoms with E-state index in [2.05, 4.69) is 18.6 Å². The summed E-state index contributed by atoms with van der Waals surface area (Å²) in [5, 5.41) is 0. The van der Waals surface area contributed by atoms with Gasteiger partial charge in [-0.3, -0.25) is 0 Å². The Hall–Kier alpha value is -0.120. The Kier molecular flexibility index (Phi) is 5.47. The minimum atomic E-state index is 0.410. The molecule has 128 valence electrons. The van der Waals surface area contributed by atoms with Gasteiger partial charge in [-0.25, -0.2) is 0 Å². The average Bonchev–Trinajstić information content (AvgIpc) is 3.38. The Morgan fingerprint density at radius 1 is 0.955 bits per heavy atom. The highest BCUT2D eigenvalue weighted by Crippen LogP contribution is 2.48. The van der Waals surface area contributed by atoms with Crippen molar-refractivity contribution >= 4 is 0 Å². The van der Waals surface area contributed by atoms with Crippen molar-refractivity contribution in [3.63, 3.8) is 0 Å². The van der Waals surface area contributed by atoms with Crippen LogP contribution >= 0.6 is 0 Å². The Morgan fingerprint density at radius 3 is 2.00 bits per heavy atom. The first-order valence-corrected chi connectivity index (χ1v) is 9.41. The molecule has 22 heavy (non-hydrogen) atoms. The summed E-state index contributed by atoms with van der Waals surface area (Å²) in [6, 6.07) is 0. The van der Waals surface area contributed by atoms with Crippen molar-refractivity contribution < 1.29 is 14.2 Å². The van der Waals surface area contributed by atoms with E-state index in [1.807, 2.05) is 7.11 Å². The molecule has 2 saturated carbocycles. The fraction of sp³-hybridized carbons (Fsp3) is 1.00. The Bertz CT molecular complexity index is 335. The smallest absolute Gasteiger partial charge is 0.154 e. The van der Waals surface area contributed by atoms with Crippen LogP contribution in [0.4, 0.5) is 0 Å². The highest BCUT2D eigenvalue weighted by molar-refractivity contribution is 4.91. The molecule has 0 amide bonds. The summed E-state index contributed by atoms with van der Waals surface area (Å²) in [5.41, 5.74) is 0.489. The van der Waals surface area contributed by atoms with Crippen molar-refractivity contribution in [2.75, 3.05) is 20.3 Å². The van der Waals surface area contributed by atoms with E-state index in [0.717, 1.165) is 25.0 Å². The first kappa shape index (κ1) is 16.7. The zero-order valence-corrected chi connectivity index (χ0v) is 14.7. The van der Waals surface area contributed by atoms with Gasteiger partial charge in [-0.05, 0) is 55.8 Å². The largest absolute Gasteiger partial charge is 0.434 e. The minimum Gasteiger partial charge on any atom is -0.434 e. The van der Waals surface area contributed by atoms with Crippen LogP contribution in [0.3, 0.4) is 0 Å². The van der Waals surface area contributed by atoms with Crippen LogP contribution in [-0.2, 0) is 9.47 Å². The van der Waals surface area contributed by atoms with Gasteiger partial charge in [-0.2, -0.15) is 0 Å².